The molecule has 1 aliphatic heterocycles. The molecule has 1 aromatic carbocycles. The van der Waals surface area contributed by atoms with Crippen LogP contribution >= 0.6 is 0 Å². The molecule has 0 bridgehead atoms. The van der Waals surface area contributed by atoms with Gasteiger partial charge < -0.3 is 4.90 Å². The molecule has 7 nitrogen and oxygen atoms in total. The van der Waals surface area contributed by atoms with Crippen molar-refractivity contribution in [2.75, 3.05) is 11.9 Å². The van der Waals surface area contributed by atoms with E-state index < -0.39 is 47.4 Å². The minimum atomic E-state index is -4.76. The first-order valence-electron chi connectivity index (χ1n) is 8.18. The smallest absolute Gasteiger partial charge is 0.338 e. The van der Waals surface area contributed by atoms with Crippen molar-refractivity contribution < 1.29 is 35.9 Å². The Hall–Kier alpha value is -3.12. The van der Waals surface area contributed by atoms with E-state index in [1.54, 1.807) is 5.10 Å². The highest BCUT2D eigenvalue weighted by molar-refractivity contribution is 5.96. The lowest BCUT2D eigenvalue weighted by atomic mass is 10.1. The molecule has 1 fully saturated rings. The highest BCUT2D eigenvalue weighted by Gasteiger charge is 2.37. The predicted molar refractivity (Wildman–Crippen MR) is 85.0 cm³/mol. The van der Waals surface area contributed by atoms with Crippen LogP contribution in [0.3, 0.4) is 0 Å². The maximum Gasteiger partial charge on any atom is 0.451 e. The first-order chi connectivity index (χ1) is 13.4. The lowest BCUT2D eigenvalue weighted by molar-refractivity contribution is -0.144. The van der Waals surface area contributed by atoms with Crippen molar-refractivity contribution in [3.05, 3.63) is 41.2 Å². The first-order valence-corrected chi connectivity index (χ1v) is 8.18. The fourth-order valence-electron chi connectivity index (χ4n) is 2.82. The number of nitrogens with one attached hydrogen (secondary N) is 2. The monoisotopic (exact) mass is 421 g/mol. The summed E-state index contributed by atoms with van der Waals surface area (Å²) in [5.74, 6) is -4.11. The Balaban J connectivity index is 1.63. The molecule has 1 atom stereocenters. The highest BCUT2D eigenvalue weighted by atomic mass is 19.4. The van der Waals surface area contributed by atoms with Gasteiger partial charge >= 0.3 is 12.4 Å². The largest absolute Gasteiger partial charge is 0.451 e. The molecule has 1 saturated heterocycles. The molecular formula is C16H13F6N5O2. The molecule has 2 amide bonds. The van der Waals surface area contributed by atoms with Crippen molar-refractivity contribution in [2.45, 2.75) is 25.3 Å². The second-order valence-corrected chi connectivity index (χ2v) is 6.37. The van der Waals surface area contributed by atoms with Crippen LogP contribution < -0.4 is 5.32 Å². The van der Waals surface area contributed by atoms with E-state index in [9.17, 15) is 35.9 Å². The topological polar surface area (TPSA) is 91.0 Å². The summed E-state index contributed by atoms with van der Waals surface area (Å²) in [5.41, 5.74) is -0.626. The Morgan fingerprint density at radius 3 is 2.55 bits per heavy atom. The second kappa shape index (κ2) is 7.37. The van der Waals surface area contributed by atoms with Gasteiger partial charge in [0.2, 0.25) is 23.6 Å². The summed E-state index contributed by atoms with van der Waals surface area (Å²) >= 11 is 0. The van der Waals surface area contributed by atoms with E-state index in [0.717, 1.165) is 12.1 Å². The number of rotatable bonds is 4. The van der Waals surface area contributed by atoms with Crippen molar-refractivity contribution in [2.24, 2.45) is 5.92 Å². The standard InChI is InChI=1S/C16H13F6N5O2/c17-15(18,19)10-3-1-2-8(4-10)6-27-7-9(5-11(27)28)12(29)23-14-24-13(25-26-14)16(20,21)22/h1-4,9H,5-7H2,(H2,23,24,25,26,29). The molecule has 0 spiro atoms. The van der Waals surface area contributed by atoms with Gasteiger partial charge in [-0.25, -0.2) is 0 Å². The zero-order chi connectivity index (χ0) is 21.4. The summed E-state index contributed by atoms with van der Waals surface area (Å²) in [5, 5.41) is 6.97. The third-order valence-electron chi connectivity index (χ3n) is 4.20. The van der Waals surface area contributed by atoms with E-state index in [4.69, 9.17) is 0 Å². The molecule has 0 saturated carbocycles. The maximum atomic E-state index is 12.8. The normalized spacial score (nSPS) is 17.7. The SMILES string of the molecule is O=C(Nc1n[nH]c(C(F)(F)F)n1)C1CC(=O)N(Cc2cccc(C(F)(F)F)c2)C1. The Morgan fingerprint density at radius 1 is 1.21 bits per heavy atom. The number of carbonyl (C=O) groups excluding carboxylic acids is 2. The highest BCUT2D eigenvalue weighted by Crippen LogP contribution is 2.30. The van der Waals surface area contributed by atoms with Gasteiger partial charge in [-0.3, -0.25) is 20.0 Å². The molecule has 2 aromatic rings. The number of aromatic nitrogens is 3. The van der Waals surface area contributed by atoms with Crippen LogP contribution in [0.25, 0.3) is 0 Å². The van der Waals surface area contributed by atoms with Gasteiger partial charge in [-0.2, -0.15) is 31.3 Å². The lowest BCUT2D eigenvalue weighted by Gasteiger charge is -2.17. The van der Waals surface area contributed by atoms with Crippen LogP contribution in [0.5, 0.6) is 0 Å². The lowest BCUT2D eigenvalue weighted by Crippen LogP contribution is -2.28. The number of H-pyrrole nitrogens is 1. The molecule has 13 heteroatoms. The number of likely N-dealkylation sites (tertiary alicyclic amines) is 1. The van der Waals surface area contributed by atoms with Crippen LogP contribution in [-0.4, -0.2) is 38.4 Å². The molecule has 2 heterocycles. The van der Waals surface area contributed by atoms with E-state index in [-0.39, 0.29) is 25.1 Å². The minimum absolute atomic E-state index is 0.0997. The summed E-state index contributed by atoms with van der Waals surface area (Å²) in [4.78, 5) is 28.6. The number of hydrogen-bond acceptors (Lipinski definition) is 4. The van der Waals surface area contributed by atoms with Crippen molar-refractivity contribution in [1.29, 1.82) is 0 Å². The average molecular weight is 421 g/mol. The van der Waals surface area contributed by atoms with Crippen LogP contribution in [0.1, 0.15) is 23.4 Å². The molecular weight excluding hydrogens is 408 g/mol. The summed E-state index contributed by atoms with van der Waals surface area (Å²) in [7, 11) is 0. The van der Waals surface area contributed by atoms with Gasteiger partial charge in [0.15, 0.2) is 0 Å². The summed E-state index contributed by atoms with van der Waals surface area (Å²) in [6, 6.07) is 4.44. The number of halogens is 6. The van der Waals surface area contributed by atoms with Crippen LogP contribution in [0.4, 0.5) is 32.3 Å². The van der Waals surface area contributed by atoms with E-state index >= 15 is 0 Å². The molecule has 3 rings (SSSR count). The van der Waals surface area contributed by atoms with Crippen LogP contribution in [0.15, 0.2) is 24.3 Å². The van der Waals surface area contributed by atoms with Gasteiger partial charge in [0.25, 0.3) is 0 Å². The quantitative estimate of drug-likeness (QED) is 0.743. The first kappa shape index (κ1) is 20.6. The summed E-state index contributed by atoms with van der Waals surface area (Å²) in [6.07, 6.45) is -9.53. The van der Waals surface area contributed by atoms with E-state index in [0.29, 0.717) is 0 Å². The van der Waals surface area contributed by atoms with Crippen LogP contribution in [0, 0.1) is 5.92 Å². The van der Waals surface area contributed by atoms with Gasteiger partial charge in [-0.05, 0) is 17.7 Å². The molecule has 156 valence electrons. The van der Waals surface area contributed by atoms with E-state index in [2.05, 4.69) is 15.4 Å². The fourth-order valence-corrected chi connectivity index (χ4v) is 2.82. The number of amides is 2. The minimum Gasteiger partial charge on any atom is -0.338 e. The molecule has 0 aliphatic carbocycles. The molecule has 29 heavy (non-hydrogen) atoms. The van der Waals surface area contributed by atoms with Gasteiger partial charge in [0.1, 0.15) is 0 Å². The molecule has 1 unspecified atom stereocenters. The Labute approximate surface area is 159 Å². The number of carbonyl (C=O) groups is 2. The number of nitrogens with zero attached hydrogens (tertiary/aromatic N) is 3. The number of alkyl halides is 6. The van der Waals surface area contributed by atoms with Crippen molar-refractivity contribution >= 4 is 17.8 Å². The summed E-state index contributed by atoms with van der Waals surface area (Å²) in [6.45, 7) is -0.233. The van der Waals surface area contributed by atoms with Crippen molar-refractivity contribution in [3.8, 4) is 0 Å². The second-order valence-electron chi connectivity index (χ2n) is 6.37. The van der Waals surface area contributed by atoms with Gasteiger partial charge in [0.05, 0.1) is 11.5 Å². The zero-order valence-corrected chi connectivity index (χ0v) is 14.4. The van der Waals surface area contributed by atoms with E-state index in [1.165, 1.54) is 17.0 Å². The summed E-state index contributed by atoms with van der Waals surface area (Å²) < 4.78 is 75.8. The Morgan fingerprint density at radius 2 is 1.93 bits per heavy atom. The third kappa shape index (κ3) is 4.84. The van der Waals surface area contributed by atoms with Crippen LogP contribution in [0.2, 0.25) is 0 Å². The number of anilines is 1. The average Bonchev–Trinajstić information content (AvgIpc) is 3.22. The number of benzene rings is 1. The fraction of sp³-hybridized carbons (Fsp3) is 0.375. The maximum absolute atomic E-state index is 12.8. The van der Waals surface area contributed by atoms with E-state index in [1.807, 2.05) is 0 Å². The third-order valence-corrected chi connectivity index (χ3v) is 4.20. The van der Waals surface area contributed by atoms with Crippen LogP contribution in [-0.2, 0) is 28.5 Å². The molecule has 2 N–H and O–H groups in total. The predicted octanol–water partition coefficient (Wildman–Crippen LogP) is 2.83. The van der Waals surface area contributed by atoms with Gasteiger partial charge in [0, 0.05) is 19.5 Å². The van der Waals surface area contributed by atoms with Crippen molar-refractivity contribution in [3.63, 3.8) is 0 Å². The zero-order valence-electron chi connectivity index (χ0n) is 14.4. The Bertz CT molecular complexity index is 923. The van der Waals surface area contributed by atoms with Gasteiger partial charge in [-0.15, -0.1) is 5.10 Å². The Kier molecular flexibility index (Phi) is 5.24. The molecule has 0 radical (unpaired) electrons. The number of hydrogen-bond donors (Lipinski definition) is 2. The molecule has 1 aromatic heterocycles. The molecule has 1 aliphatic rings. The van der Waals surface area contributed by atoms with Crippen molar-refractivity contribution in [1.82, 2.24) is 20.1 Å². The van der Waals surface area contributed by atoms with Gasteiger partial charge in [-0.1, -0.05) is 12.1 Å². The number of aromatic amines is 1.